The third-order valence-electron chi connectivity index (χ3n) is 6.51. The molecule has 0 aliphatic heterocycles. The Kier molecular flexibility index (Phi) is 8.06. The van der Waals surface area contributed by atoms with Gasteiger partial charge >= 0.3 is 5.69 Å². The molecule has 226 valence electrons. The van der Waals surface area contributed by atoms with Gasteiger partial charge in [0.2, 0.25) is 11.3 Å². The van der Waals surface area contributed by atoms with Crippen molar-refractivity contribution in [1.82, 2.24) is 0 Å². The monoisotopic (exact) mass is 645 g/mol. The number of amides is 1. The van der Waals surface area contributed by atoms with Crippen LogP contribution in [0.25, 0.3) is 26.5 Å². The van der Waals surface area contributed by atoms with Gasteiger partial charge in [-0.05, 0) is 59.5 Å². The van der Waals surface area contributed by atoms with Gasteiger partial charge in [-0.3, -0.25) is 9.35 Å². The van der Waals surface area contributed by atoms with Crippen LogP contribution in [0.2, 0.25) is 0 Å². The number of fused-ring (bicyclic) bond motifs is 2. The van der Waals surface area contributed by atoms with Crippen molar-refractivity contribution in [1.29, 1.82) is 5.39 Å². The number of nitrogens with zero attached hydrogens (tertiary/aromatic N) is 6. The van der Waals surface area contributed by atoms with Gasteiger partial charge < -0.3 is 15.4 Å². The van der Waals surface area contributed by atoms with E-state index in [-0.39, 0.29) is 45.0 Å². The molecule has 0 unspecified atom stereocenters. The van der Waals surface area contributed by atoms with Gasteiger partial charge in [-0.15, -0.1) is 15.3 Å². The quantitative estimate of drug-likeness (QED) is 0.0985. The Morgan fingerprint density at radius 3 is 2.11 bits per heavy atom. The molecule has 0 bridgehead atoms. The molecule has 0 radical (unpaired) electrons. The van der Waals surface area contributed by atoms with E-state index < -0.39 is 47.4 Å². The first-order chi connectivity index (χ1) is 21.2. The fourth-order valence-electron chi connectivity index (χ4n) is 4.41. The minimum absolute atomic E-state index is 0.0210. The molecule has 0 spiro atoms. The van der Waals surface area contributed by atoms with E-state index in [0.717, 1.165) is 18.2 Å². The third kappa shape index (κ3) is 6.63. The van der Waals surface area contributed by atoms with Crippen LogP contribution in [0.15, 0.2) is 109 Å². The van der Waals surface area contributed by atoms with Crippen molar-refractivity contribution >= 4 is 76.1 Å². The normalized spacial score (nSPS) is 12.3. The summed E-state index contributed by atoms with van der Waals surface area (Å²) in [6, 6.07) is 17.6. The highest BCUT2D eigenvalue weighted by Gasteiger charge is 2.20. The Bertz CT molecular complexity index is 2350. The van der Waals surface area contributed by atoms with Crippen molar-refractivity contribution in [3.05, 3.63) is 89.4 Å². The number of hydrogen-bond donors (Lipinski definition) is 3. The maximum absolute atomic E-state index is 12.1. The molecular formula is C28H19N7O8S2. The van der Waals surface area contributed by atoms with Crippen LogP contribution in [0.3, 0.4) is 0 Å². The lowest BCUT2D eigenvalue weighted by atomic mass is 10.1. The van der Waals surface area contributed by atoms with Crippen LogP contribution in [0.1, 0.15) is 5.56 Å². The zero-order valence-electron chi connectivity index (χ0n) is 22.6. The second-order valence-electron chi connectivity index (χ2n) is 9.53. The van der Waals surface area contributed by atoms with E-state index in [1.807, 2.05) is 0 Å². The number of carbonyl (C=O) groups excluding carboxylic acids is 1. The van der Waals surface area contributed by atoms with Gasteiger partial charge in [0.05, 0.1) is 33.3 Å². The summed E-state index contributed by atoms with van der Waals surface area (Å²) in [5, 5.41) is 36.8. The lowest BCUT2D eigenvalue weighted by molar-refractivity contribution is -0.117. The number of hydrogen-bond acceptors (Lipinski definition) is 12. The molecule has 0 saturated heterocycles. The predicted octanol–water partition coefficient (Wildman–Crippen LogP) is 6.19. The highest BCUT2D eigenvalue weighted by Crippen LogP contribution is 2.43. The average molecular weight is 646 g/mol. The Balaban J connectivity index is 1.64. The van der Waals surface area contributed by atoms with E-state index in [1.54, 1.807) is 24.3 Å². The SMILES string of the molecule is N#[N+]c1ccc2cc(S(=O)(=O)[O-])c(N=Nc3ccc(N=Nc4ccc(CC(N)=O)cc4)c4cc(S(=O)(=O)O)ccc34)c(O)c2c1. The molecule has 0 aliphatic rings. The molecule has 1 amide bonds. The number of phenolic OH excluding ortho intramolecular Hbond substituents is 1. The third-order valence-corrected chi connectivity index (χ3v) is 8.21. The molecule has 0 saturated carbocycles. The van der Waals surface area contributed by atoms with E-state index in [4.69, 9.17) is 11.1 Å². The number of benzene rings is 5. The topological polar surface area (TPSA) is 252 Å². The highest BCUT2D eigenvalue weighted by molar-refractivity contribution is 7.86. The molecule has 0 aromatic heterocycles. The zero-order chi connectivity index (χ0) is 32.5. The first-order valence-corrected chi connectivity index (χ1v) is 15.4. The molecular weight excluding hydrogens is 626 g/mol. The van der Waals surface area contributed by atoms with Gasteiger partial charge in [-0.2, -0.15) is 13.5 Å². The standard InChI is InChI=1S/C28H19N7O8S2/c29-26(36)11-15-1-4-17(5-2-15)32-33-24-10-9-23(20-8-7-19(14-22(20)24)44(38,39)40)34-35-27-25(45(41,42)43)12-16-3-6-18(31-30)13-21(16)28(27)37/h1-10,12-14H,11H2,(H4-,29,32,34,36,37,38,39,40,41,42,43). The Morgan fingerprint density at radius 2 is 1.49 bits per heavy atom. The largest absolute Gasteiger partial charge is 0.744 e. The van der Waals surface area contributed by atoms with Crippen LogP contribution in [0.5, 0.6) is 5.75 Å². The van der Waals surface area contributed by atoms with E-state index >= 15 is 0 Å². The summed E-state index contributed by atoms with van der Waals surface area (Å²) < 4.78 is 69.6. The average Bonchev–Trinajstić information content (AvgIpc) is 2.98. The number of diazo groups is 1. The second-order valence-corrected chi connectivity index (χ2v) is 12.3. The van der Waals surface area contributed by atoms with E-state index in [1.165, 1.54) is 36.4 Å². The van der Waals surface area contributed by atoms with E-state index in [9.17, 15) is 35.8 Å². The molecule has 5 aromatic carbocycles. The van der Waals surface area contributed by atoms with Crippen LogP contribution in [0.4, 0.5) is 28.4 Å². The molecule has 0 aliphatic carbocycles. The minimum atomic E-state index is -5.16. The van der Waals surface area contributed by atoms with Crippen molar-refractivity contribution in [3.8, 4) is 5.75 Å². The number of azo groups is 2. The summed E-state index contributed by atoms with van der Waals surface area (Å²) in [5.74, 6) is -1.22. The molecule has 5 rings (SSSR count). The van der Waals surface area contributed by atoms with Crippen molar-refractivity contribution in [2.24, 2.45) is 26.2 Å². The van der Waals surface area contributed by atoms with E-state index in [2.05, 4.69) is 25.4 Å². The Labute approximate surface area is 254 Å². The smallest absolute Gasteiger partial charge is 0.385 e. The lowest BCUT2D eigenvalue weighted by Crippen LogP contribution is -2.13. The lowest BCUT2D eigenvalue weighted by Gasteiger charge is -2.13. The van der Waals surface area contributed by atoms with Gasteiger partial charge in [0.15, 0.2) is 10.7 Å². The van der Waals surface area contributed by atoms with Gasteiger partial charge in [0, 0.05) is 28.3 Å². The minimum Gasteiger partial charge on any atom is -0.744 e. The van der Waals surface area contributed by atoms with Gasteiger partial charge in [0.1, 0.15) is 15.8 Å². The van der Waals surface area contributed by atoms with Gasteiger partial charge in [0.25, 0.3) is 10.1 Å². The fraction of sp³-hybridized carbons (Fsp3) is 0.0357. The summed E-state index contributed by atoms with van der Waals surface area (Å²) in [6.45, 7) is 0. The maximum Gasteiger partial charge on any atom is 0.385 e. The van der Waals surface area contributed by atoms with Crippen LogP contribution in [-0.2, 0) is 31.5 Å². The molecule has 15 nitrogen and oxygen atoms in total. The van der Waals surface area contributed by atoms with E-state index in [0.29, 0.717) is 11.3 Å². The maximum atomic E-state index is 12.1. The number of nitrogens with two attached hydrogens (primary N) is 1. The van der Waals surface area contributed by atoms with Crippen LogP contribution in [0, 0.1) is 5.39 Å². The second kappa shape index (κ2) is 11.8. The van der Waals surface area contributed by atoms with Gasteiger partial charge in [-0.1, -0.05) is 18.2 Å². The van der Waals surface area contributed by atoms with Crippen molar-refractivity contribution in [3.63, 3.8) is 0 Å². The Hall–Kier alpha value is -5.67. The van der Waals surface area contributed by atoms with Crippen LogP contribution >= 0.6 is 0 Å². The molecule has 17 heteroatoms. The first kappa shape index (κ1) is 30.8. The van der Waals surface area contributed by atoms with Gasteiger partial charge in [-0.25, -0.2) is 8.42 Å². The molecule has 45 heavy (non-hydrogen) atoms. The first-order valence-electron chi connectivity index (χ1n) is 12.6. The predicted molar refractivity (Wildman–Crippen MR) is 160 cm³/mol. The molecule has 4 N–H and O–H groups in total. The van der Waals surface area contributed by atoms with Crippen molar-refractivity contribution < 1.29 is 35.8 Å². The summed E-state index contributed by atoms with van der Waals surface area (Å²) >= 11 is 0. The number of phenols is 1. The number of aromatic hydroxyl groups is 1. The van der Waals surface area contributed by atoms with Crippen LogP contribution < -0.4 is 5.73 Å². The summed E-state index contributed by atoms with van der Waals surface area (Å²) in [7, 11) is -9.80. The Morgan fingerprint density at radius 1 is 0.822 bits per heavy atom. The number of rotatable bonds is 8. The number of carbonyl (C=O) groups is 1. The van der Waals surface area contributed by atoms with Crippen LogP contribution in [-0.4, -0.2) is 37.0 Å². The number of primary amides is 1. The zero-order valence-corrected chi connectivity index (χ0v) is 24.3. The fourth-order valence-corrected chi connectivity index (χ4v) is 5.56. The molecule has 0 atom stereocenters. The summed E-state index contributed by atoms with van der Waals surface area (Å²) in [4.78, 5) is 12.8. The molecule has 5 aromatic rings. The summed E-state index contributed by atoms with van der Waals surface area (Å²) in [6.07, 6.45) is 0.0369. The molecule has 0 heterocycles. The van der Waals surface area contributed by atoms with Crippen molar-refractivity contribution in [2.45, 2.75) is 16.2 Å². The highest BCUT2D eigenvalue weighted by atomic mass is 32.2. The summed E-state index contributed by atoms with van der Waals surface area (Å²) in [5.41, 5.74) is 5.79. The van der Waals surface area contributed by atoms with Crippen molar-refractivity contribution in [2.75, 3.05) is 0 Å². The molecule has 0 fully saturated rings.